The van der Waals surface area contributed by atoms with Crippen LogP contribution in [0.3, 0.4) is 0 Å². The minimum absolute atomic E-state index is 0.125. The number of nitrogen functional groups attached to an aromatic ring is 1. The first-order valence-corrected chi connectivity index (χ1v) is 6.96. The van der Waals surface area contributed by atoms with Gasteiger partial charge < -0.3 is 15.2 Å². The number of hydrogen-bond acceptors (Lipinski definition) is 3. The third kappa shape index (κ3) is 4.26. The summed E-state index contributed by atoms with van der Waals surface area (Å²) in [5, 5.41) is 0.631. The topological polar surface area (TPSA) is 44.5 Å². The quantitative estimate of drug-likeness (QED) is 0.831. The smallest absolute Gasteiger partial charge is 0.167 e. The highest BCUT2D eigenvalue weighted by atomic mass is 35.5. The molecule has 2 rings (SSSR count). The molecule has 2 aromatic rings. The van der Waals surface area contributed by atoms with E-state index < -0.39 is 5.82 Å². The standard InChI is InChI=1S/C16H17ClFNO2/c1-10(2)21-15-8-16(14(19)7-13(15)18)20-9-11-4-3-5-12(17)6-11/h3-8,10H,9,19H2,1-2H3. The summed E-state index contributed by atoms with van der Waals surface area (Å²) in [6.45, 7) is 3.93. The highest BCUT2D eigenvalue weighted by molar-refractivity contribution is 6.30. The maximum atomic E-state index is 13.7. The van der Waals surface area contributed by atoms with Crippen molar-refractivity contribution in [3.8, 4) is 11.5 Å². The zero-order valence-corrected chi connectivity index (χ0v) is 12.7. The minimum Gasteiger partial charge on any atom is -0.488 e. The van der Waals surface area contributed by atoms with Crippen molar-refractivity contribution >= 4 is 17.3 Å². The molecule has 5 heteroatoms. The van der Waals surface area contributed by atoms with Gasteiger partial charge in [0.05, 0.1) is 11.8 Å². The van der Waals surface area contributed by atoms with Crippen LogP contribution < -0.4 is 15.2 Å². The fourth-order valence-corrected chi connectivity index (χ4v) is 2.02. The van der Waals surface area contributed by atoms with E-state index in [1.54, 1.807) is 12.1 Å². The molecule has 2 N–H and O–H groups in total. The molecule has 0 amide bonds. The van der Waals surface area contributed by atoms with E-state index >= 15 is 0 Å². The van der Waals surface area contributed by atoms with Crippen LogP contribution in [0.2, 0.25) is 5.02 Å². The summed E-state index contributed by atoms with van der Waals surface area (Å²) in [5.74, 6) is 0.00336. The molecule has 0 aliphatic heterocycles. The van der Waals surface area contributed by atoms with E-state index in [4.69, 9.17) is 26.8 Å². The van der Waals surface area contributed by atoms with E-state index in [0.717, 1.165) is 5.56 Å². The fourth-order valence-electron chi connectivity index (χ4n) is 1.81. The molecule has 112 valence electrons. The molecular weight excluding hydrogens is 293 g/mol. The summed E-state index contributed by atoms with van der Waals surface area (Å²) in [7, 11) is 0. The number of nitrogens with two attached hydrogens (primary N) is 1. The third-order valence-electron chi connectivity index (χ3n) is 2.71. The molecule has 0 aromatic heterocycles. The highest BCUT2D eigenvalue weighted by Gasteiger charge is 2.11. The van der Waals surface area contributed by atoms with Gasteiger partial charge in [-0.2, -0.15) is 0 Å². The summed E-state index contributed by atoms with van der Waals surface area (Å²) in [5.41, 5.74) is 6.90. The number of hydrogen-bond donors (Lipinski definition) is 1. The predicted octanol–water partition coefficient (Wildman–Crippen LogP) is 4.43. The lowest BCUT2D eigenvalue weighted by Gasteiger charge is -2.14. The zero-order chi connectivity index (χ0) is 15.4. The van der Waals surface area contributed by atoms with Gasteiger partial charge in [0, 0.05) is 17.2 Å². The molecule has 0 unspecified atom stereocenters. The van der Waals surface area contributed by atoms with Crippen molar-refractivity contribution < 1.29 is 13.9 Å². The average Bonchev–Trinajstić information content (AvgIpc) is 2.40. The molecule has 0 saturated heterocycles. The summed E-state index contributed by atoms with van der Waals surface area (Å²) in [6, 6.07) is 9.97. The van der Waals surface area contributed by atoms with Crippen LogP contribution in [0.5, 0.6) is 11.5 Å². The Labute approximate surface area is 128 Å². The number of benzene rings is 2. The number of anilines is 1. The normalized spacial score (nSPS) is 10.7. The first-order chi connectivity index (χ1) is 9.95. The van der Waals surface area contributed by atoms with Crippen molar-refractivity contribution in [2.75, 3.05) is 5.73 Å². The first kappa shape index (κ1) is 15.4. The van der Waals surface area contributed by atoms with Crippen molar-refractivity contribution in [3.05, 3.63) is 52.8 Å². The molecule has 0 heterocycles. The molecule has 0 aliphatic carbocycles. The molecule has 0 fully saturated rings. The molecule has 0 atom stereocenters. The summed E-state index contributed by atoms with van der Waals surface area (Å²) in [4.78, 5) is 0. The Morgan fingerprint density at radius 2 is 1.95 bits per heavy atom. The van der Waals surface area contributed by atoms with Gasteiger partial charge in [-0.05, 0) is 31.5 Å². The Bertz CT molecular complexity index is 632. The van der Waals surface area contributed by atoms with Gasteiger partial charge >= 0.3 is 0 Å². The van der Waals surface area contributed by atoms with Crippen LogP contribution in [0, 0.1) is 5.82 Å². The molecule has 0 radical (unpaired) electrons. The van der Waals surface area contributed by atoms with Gasteiger partial charge in [0.2, 0.25) is 0 Å². The van der Waals surface area contributed by atoms with Gasteiger partial charge in [0.1, 0.15) is 12.4 Å². The van der Waals surface area contributed by atoms with E-state index in [-0.39, 0.29) is 24.1 Å². The lowest BCUT2D eigenvalue weighted by Crippen LogP contribution is -2.08. The molecular formula is C16H17ClFNO2. The monoisotopic (exact) mass is 309 g/mol. The van der Waals surface area contributed by atoms with Crippen molar-refractivity contribution in [2.24, 2.45) is 0 Å². The van der Waals surface area contributed by atoms with Gasteiger partial charge in [-0.25, -0.2) is 4.39 Å². The maximum Gasteiger partial charge on any atom is 0.167 e. The van der Waals surface area contributed by atoms with Crippen molar-refractivity contribution in [2.45, 2.75) is 26.6 Å². The zero-order valence-electron chi connectivity index (χ0n) is 11.9. The van der Waals surface area contributed by atoms with Crippen molar-refractivity contribution in [3.63, 3.8) is 0 Å². The summed E-state index contributed by atoms with van der Waals surface area (Å²) in [6.07, 6.45) is -0.135. The van der Waals surface area contributed by atoms with Gasteiger partial charge in [-0.3, -0.25) is 0 Å². The average molecular weight is 310 g/mol. The summed E-state index contributed by atoms with van der Waals surface area (Å²) >= 11 is 5.91. The molecule has 2 aromatic carbocycles. The largest absolute Gasteiger partial charge is 0.488 e. The third-order valence-corrected chi connectivity index (χ3v) is 2.95. The molecule has 0 saturated carbocycles. The SMILES string of the molecule is CC(C)Oc1cc(OCc2cccc(Cl)c2)c(N)cc1F. The Hall–Kier alpha value is -1.94. The molecule has 0 bridgehead atoms. The van der Waals surface area contributed by atoms with Crippen molar-refractivity contribution in [1.82, 2.24) is 0 Å². The van der Waals surface area contributed by atoms with Gasteiger partial charge in [-0.1, -0.05) is 23.7 Å². The van der Waals surface area contributed by atoms with E-state index in [0.29, 0.717) is 10.8 Å². The van der Waals surface area contributed by atoms with Crippen LogP contribution in [-0.2, 0) is 6.61 Å². The van der Waals surface area contributed by atoms with E-state index in [1.165, 1.54) is 12.1 Å². The second-order valence-corrected chi connectivity index (χ2v) is 5.34. The van der Waals surface area contributed by atoms with E-state index in [2.05, 4.69) is 0 Å². The lowest BCUT2D eigenvalue weighted by molar-refractivity contribution is 0.228. The number of ether oxygens (including phenoxy) is 2. The first-order valence-electron chi connectivity index (χ1n) is 6.58. The van der Waals surface area contributed by atoms with E-state index in [1.807, 2.05) is 26.0 Å². The Morgan fingerprint density at radius 3 is 2.62 bits per heavy atom. The molecule has 0 spiro atoms. The van der Waals surface area contributed by atoms with Crippen LogP contribution >= 0.6 is 11.6 Å². The number of halogens is 2. The van der Waals surface area contributed by atoms with E-state index in [9.17, 15) is 4.39 Å². The van der Waals surface area contributed by atoms with Gasteiger partial charge in [0.15, 0.2) is 11.6 Å². The molecule has 21 heavy (non-hydrogen) atoms. The Kier molecular flexibility index (Phi) is 4.91. The minimum atomic E-state index is -0.503. The highest BCUT2D eigenvalue weighted by Crippen LogP contribution is 2.31. The maximum absolute atomic E-state index is 13.7. The number of rotatable bonds is 5. The van der Waals surface area contributed by atoms with Crippen LogP contribution in [-0.4, -0.2) is 6.10 Å². The fraction of sp³-hybridized carbons (Fsp3) is 0.250. The Morgan fingerprint density at radius 1 is 1.19 bits per heavy atom. The van der Waals surface area contributed by atoms with Crippen LogP contribution in [0.1, 0.15) is 19.4 Å². The summed E-state index contributed by atoms with van der Waals surface area (Å²) < 4.78 is 24.7. The second-order valence-electron chi connectivity index (χ2n) is 4.91. The molecule has 3 nitrogen and oxygen atoms in total. The van der Waals surface area contributed by atoms with Crippen molar-refractivity contribution in [1.29, 1.82) is 0 Å². The molecule has 0 aliphatic rings. The predicted molar refractivity (Wildman–Crippen MR) is 82.4 cm³/mol. The van der Waals surface area contributed by atoms with Gasteiger partial charge in [-0.15, -0.1) is 0 Å². The lowest BCUT2D eigenvalue weighted by atomic mass is 10.2. The second kappa shape index (κ2) is 6.68. The van der Waals surface area contributed by atoms with Crippen LogP contribution in [0.4, 0.5) is 10.1 Å². The van der Waals surface area contributed by atoms with Crippen LogP contribution in [0.25, 0.3) is 0 Å². The van der Waals surface area contributed by atoms with Crippen LogP contribution in [0.15, 0.2) is 36.4 Å². The Balaban J connectivity index is 2.15. The van der Waals surface area contributed by atoms with Gasteiger partial charge in [0.25, 0.3) is 0 Å².